The lowest BCUT2D eigenvalue weighted by Crippen LogP contribution is -2.27. The number of ether oxygens (including phenoxy) is 1. The predicted octanol–water partition coefficient (Wildman–Crippen LogP) is 4.50. The molecule has 1 aromatic carbocycles. The van der Waals surface area contributed by atoms with E-state index in [-0.39, 0.29) is 17.4 Å². The molecule has 2 heterocycles. The molecular formula is C21H22F2N4O2S2. The van der Waals surface area contributed by atoms with E-state index in [9.17, 15) is 13.6 Å². The van der Waals surface area contributed by atoms with Crippen molar-refractivity contribution in [3.63, 3.8) is 0 Å². The molecule has 164 valence electrons. The number of hydrogen-bond acceptors (Lipinski definition) is 7. The fraction of sp³-hybridized carbons (Fsp3) is 0.381. The van der Waals surface area contributed by atoms with Gasteiger partial charge in [0, 0.05) is 18.5 Å². The number of fused-ring (bicyclic) bond motifs is 3. The number of nitrogens with two attached hydrogens (primary N) is 1. The summed E-state index contributed by atoms with van der Waals surface area (Å²) in [6.07, 6.45) is 4.44. The molecule has 6 nitrogen and oxygen atoms in total. The quantitative estimate of drug-likeness (QED) is 0.409. The van der Waals surface area contributed by atoms with Crippen LogP contribution in [0.4, 0.5) is 14.6 Å². The minimum atomic E-state index is -2.86. The van der Waals surface area contributed by atoms with Crippen LogP contribution in [0.15, 0.2) is 29.4 Å². The average molecular weight is 465 g/mol. The van der Waals surface area contributed by atoms with E-state index in [1.807, 2.05) is 0 Å². The Morgan fingerprint density at radius 2 is 2.00 bits per heavy atom. The van der Waals surface area contributed by atoms with Gasteiger partial charge in [-0.3, -0.25) is 4.79 Å². The van der Waals surface area contributed by atoms with Crippen LogP contribution in [0.2, 0.25) is 0 Å². The van der Waals surface area contributed by atoms with Gasteiger partial charge in [0.05, 0.1) is 11.1 Å². The summed E-state index contributed by atoms with van der Waals surface area (Å²) < 4.78 is 28.8. The summed E-state index contributed by atoms with van der Waals surface area (Å²) in [5, 5.41) is 1.48. The van der Waals surface area contributed by atoms with Gasteiger partial charge in [0.2, 0.25) is 5.91 Å². The standard InChI is InChI=1S/C21H22F2N4O2S2/c1-27(10-12-6-8-13(9-7-12)29-20(22)23)16(28)11-30-21-25-18(24)17-14-4-2-3-5-15(14)31-19(17)26-21/h6-9,20H,2-5,10-11H2,1H3,(H2,24,25,26). The van der Waals surface area contributed by atoms with Gasteiger partial charge < -0.3 is 15.4 Å². The molecule has 2 aromatic heterocycles. The topological polar surface area (TPSA) is 81.3 Å². The Kier molecular flexibility index (Phi) is 6.57. The van der Waals surface area contributed by atoms with E-state index in [4.69, 9.17) is 5.73 Å². The van der Waals surface area contributed by atoms with Gasteiger partial charge in [-0.15, -0.1) is 11.3 Å². The number of halogens is 2. The Bertz CT molecular complexity index is 1090. The smallest absolute Gasteiger partial charge is 0.387 e. The summed E-state index contributed by atoms with van der Waals surface area (Å²) in [6, 6.07) is 6.23. The Labute approximate surface area is 186 Å². The van der Waals surface area contributed by atoms with Gasteiger partial charge in [0.1, 0.15) is 16.4 Å². The number of amides is 1. The molecule has 0 radical (unpaired) electrons. The Morgan fingerprint density at radius 1 is 1.26 bits per heavy atom. The molecule has 0 aliphatic heterocycles. The van der Waals surface area contributed by atoms with Crippen LogP contribution < -0.4 is 10.5 Å². The van der Waals surface area contributed by atoms with Crippen molar-refractivity contribution >= 4 is 45.0 Å². The van der Waals surface area contributed by atoms with Crippen molar-refractivity contribution in [3.05, 3.63) is 40.3 Å². The first-order chi connectivity index (χ1) is 14.9. The third-order valence-corrected chi connectivity index (χ3v) is 7.16. The summed E-state index contributed by atoms with van der Waals surface area (Å²) in [6.45, 7) is -2.50. The maximum absolute atomic E-state index is 12.5. The zero-order valence-electron chi connectivity index (χ0n) is 16.9. The normalized spacial score (nSPS) is 13.4. The van der Waals surface area contributed by atoms with Gasteiger partial charge in [0.25, 0.3) is 0 Å². The number of nitrogen functional groups attached to an aromatic ring is 1. The number of thioether (sulfide) groups is 1. The van der Waals surface area contributed by atoms with E-state index in [0.29, 0.717) is 17.5 Å². The zero-order valence-corrected chi connectivity index (χ0v) is 18.6. The first-order valence-electron chi connectivity index (χ1n) is 9.89. The molecular weight excluding hydrogens is 442 g/mol. The molecule has 1 amide bonds. The largest absolute Gasteiger partial charge is 0.435 e. The van der Waals surface area contributed by atoms with Crippen molar-refractivity contribution in [2.75, 3.05) is 18.5 Å². The van der Waals surface area contributed by atoms with Crippen LogP contribution in [0.1, 0.15) is 28.8 Å². The number of nitrogens with zero attached hydrogens (tertiary/aromatic N) is 3. The number of carbonyl (C=O) groups excluding carboxylic acids is 1. The van der Waals surface area contributed by atoms with E-state index < -0.39 is 6.61 Å². The summed E-state index contributed by atoms with van der Waals surface area (Å²) in [4.78, 5) is 25.4. The molecule has 31 heavy (non-hydrogen) atoms. The maximum atomic E-state index is 12.5. The van der Waals surface area contributed by atoms with Gasteiger partial charge in [-0.25, -0.2) is 9.97 Å². The molecule has 0 saturated carbocycles. The van der Waals surface area contributed by atoms with Gasteiger partial charge in [-0.05, 0) is 48.9 Å². The molecule has 0 bridgehead atoms. The third-order valence-electron chi connectivity index (χ3n) is 5.14. The highest BCUT2D eigenvalue weighted by atomic mass is 32.2. The molecule has 1 aliphatic rings. The molecule has 4 rings (SSSR count). The van der Waals surface area contributed by atoms with Crippen molar-refractivity contribution in [1.82, 2.24) is 14.9 Å². The van der Waals surface area contributed by atoms with Gasteiger partial charge in [-0.1, -0.05) is 23.9 Å². The van der Waals surface area contributed by atoms with E-state index >= 15 is 0 Å². The number of thiophene rings is 1. The fourth-order valence-electron chi connectivity index (χ4n) is 3.60. The second kappa shape index (κ2) is 9.35. The SMILES string of the molecule is CN(Cc1ccc(OC(F)F)cc1)C(=O)CSc1nc(N)c2c3c(sc2n1)CCCC3. The van der Waals surface area contributed by atoms with E-state index in [2.05, 4.69) is 14.7 Å². The fourth-order valence-corrected chi connectivity index (χ4v) is 5.72. The highest BCUT2D eigenvalue weighted by molar-refractivity contribution is 7.99. The lowest BCUT2D eigenvalue weighted by atomic mass is 9.97. The molecule has 2 N–H and O–H groups in total. The molecule has 0 spiro atoms. The third kappa shape index (κ3) is 5.07. The number of rotatable bonds is 7. The van der Waals surface area contributed by atoms with Crippen molar-refractivity contribution in [2.24, 2.45) is 0 Å². The number of aromatic nitrogens is 2. The van der Waals surface area contributed by atoms with Crippen LogP contribution in [0, 0.1) is 0 Å². The summed E-state index contributed by atoms with van der Waals surface area (Å²) in [5.74, 6) is 0.659. The Balaban J connectivity index is 1.37. The Morgan fingerprint density at radius 3 is 2.74 bits per heavy atom. The first kappa shape index (κ1) is 21.8. The second-order valence-corrected chi connectivity index (χ2v) is 9.37. The van der Waals surface area contributed by atoms with E-state index in [1.54, 1.807) is 35.4 Å². The zero-order chi connectivity index (χ0) is 22.0. The predicted molar refractivity (Wildman–Crippen MR) is 119 cm³/mol. The molecule has 0 fully saturated rings. The van der Waals surface area contributed by atoms with Crippen LogP contribution >= 0.6 is 23.1 Å². The summed E-state index contributed by atoms with van der Waals surface area (Å²) in [7, 11) is 1.69. The van der Waals surface area contributed by atoms with Crippen LogP contribution in [-0.4, -0.2) is 40.2 Å². The minimum Gasteiger partial charge on any atom is -0.435 e. The monoisotopic (exact) mass is 464 g/mol. The van der Waals surface area contributed by atoms with Crippen LogP contribution in [0.5, 0.6) is 5.75 Å². The number of hydrogen-bond donors (Lipinski definition) is 1. The molecule has 0 unspecified atom stereocenters. The second-order valence-electron chi connectivity index (χ2n) is 7.34. The lowest BCUT2D eigenvalue weighted by Gasteiger charge is -2.17. The van der Waals surface area contributed by atoms with Crippen molar-refractivity contribution < 1.29 is 18.3 Å². The van der Waals surface area contributed by atoms with Gasteiger partial charge >= 0.3 is 6.61 Å². The summed E-state index contributed by atoms with van der Waals surface area (Å²) in [5.41, 5.74) is 8.33. The minimum absolute atomic E-state index is 0.0867. The van der Waals surface area contributed by atoms with Crippen molar-refractivity contribution in [3.8, 4) is 5.75 Å². The first-order valence-corrected chi connectivity index (χ1v) is 11.7. The van der Waals surface area contributed by atoms with Crippen LogP contribution in [-0.2, 0) is 24.2 Å². The number of anilines is 1. The number of alkyl halides is 2. The molecule has 0 atom stereocenters. The molecule has 0 saturated heterocycles. The Hall–Kier alpha value is -2.46. The number of carbonyl (C=O) groups is 1. The van der Waals surface area contributed by atoms with E-state index in [1.165, 1.54) is 40.8 Å². The average Bonchev–Trinajstić information content (AvgIpc) is 3.12. The molecule has 10 heteroatoms. The summed E-state index contributed by atoms with van der Waals surface area (Å²) >= 11 is 2.94. The van der Waals surface area contributed by atoms with Crippen LogP contribution in [0.3, 0.4) is 0 Å². The highest BCUT2D eigenvalue weighted by Gasteiger charge is 2.20. The van der Waals surface area contributed by atoms with Crippen LogP contribution in [0.25, 0.3) is 10.2 Å². The van der Waals surface area contributed by atoms with Gasteiger partial charge in [0.15, 0.2) is 5.16 Å². The number of aryl methyl sites for hydroxylation is 2. The van der Waals surface area contributed by atoms with Gasteiger partial charge in [-0.2, -0.15) is 8.78 Å². The van der Waals surface area contributed by atoms with E-state index in [0.717, 1.165) is 35.0 Å². The molecule has 3 aromatic rings. The molecule has 1 aliphatic carbocycles. The highest BCUT2D eigenvalue weighted by Crippen LogP contribution is 2.38. The maximum Gasteiger partial charge on any atom is 0.387 e. The van der Waals surface area contributed by atoms with Crippen molar-refractivity contribution in [1.29, 1.82) is 0 Å². The lowest BCUT2D eigenvalue weighted by molar-refractivity contribution is -0.127. The van der Waals surface area contributed by atoms with Crippen molar-refractivity contribution in [2.45, 2.75) is 44.0 Å². The number of benzene rings is 1.